The maximum absolute atomic E-state index is 13.4. The summed E-state index contributed by atoms with van der Waals surface area (Å²) in [5, 5.41) is 4.93. The van der Waals surface area contributed by atoms with Crippen LogP contribution in [0.2, 0.25) is 0 Å². The van der Waals surface area contributed by atoms with Crippen molar-refractivity contribution in [2.45, 2.75) is 51.3 Å². The molecular weight excluding hydrogens is 503 g/mol. The number of rotatable bonds is 11. The number of amides is 1. The van der Waals surface area contributed by atoms with Gasteiger partial charge >= 0.3 is 0 Å². The van der Waals surface area contributed by atoms with Crippen LogP contribution in [-0.2, 0) is 4.79 Å². The zero-order valence-corrected chi connectivity index (χ0v) is 23.6. The van der Waals surface area contributed by atoms with Crippen molar-refractivity contribution in [3.63, 3.8) is 0 Å². The number of unbranched alkanes of at least 4 members (excludes halogenated alkanes) is 1. The molecule has 2 aromatic carbocycles. The lowest BCUT2D eigenvalue weighted by molar-refractivity contribution is -0.122. The molecule has 1 amide bonds. The predicted octanol–water partition coefficient (Wildman–Crippen LogP) is 8.07. The summed E-state index contributed by atoms with van der Waals surface area (Å²) in [5.41, 5.74) is 3.77. The molecule has 4 nitrogen and oxygen atoms in total. The van der Waals surface area contributed by atoms with Crippen molar-refractivity contribution >= 4 is 52.0 Å². The summed E-state index contributed by atoms with van der Waals surface area (Å²) in [5.74, 6) is 1.52. The third kappa shape index (κ3) is 6.31. The Balaban J connectivity index is 1.67. The smallest absolute Gasteiger partial charge is 0.266 e. The second kappa shape index (κ2) is 12.7. The van der Waals surface area contributed by atoms with Crippen LogP contribution < -0.4 is 0 Å². The standard InChI is InChI=1S/C29H33N3OS3/c1-4-7-11-21(5-2)19-31-28(33)26(36-29(31)34)18-23-20-32(24-12-9-8-10-13-24)30-27(23)22-14-16-25(17-15-22)35-6-3/h8-10,12-18,20-21H,4-7,11,19H2,1-3H3/b26-18-/t21-/m1/s1. The fourth-order valence-corrected chi connectivity index (χ4v) is 6.21. The first-order valence-corrected chi connectivity index (χ1v) is 14.9. The second-order valence-corrected chi connectivity index (χ2v) is 11.9. The van der Waals surface area contributed by atoms with Gasteiger partial charge in [-0.15, -0.1) is 11.8 Å². The van der Waals surface area contributed by atoms with E-state index in [-0.39, 0.29) is 5.91 Å². The number of hydrogen-bond donors (Lipinski definition) is 0. The Morgan fingerprint density at radius 2 is 1.83 bits per heavy atom. The van der Waals surface area contributed by atoms with Gasteiger partial charge in [0.2, 0.25) is 0 Å². The van der Waals surface area contributed by atoms with E-state index >= 15 is 0 Å². The van der Waals surface area contributed by atoms with Gasteiger partial charge in [0, 0.05) is 28.8 Å². The van der Waals surface area contributed by atoms with Crippen molar-refractivity contribution in [1.82, 2.24) is 14.7 Å². The summed E-state index contributed by atoms with van der Waals surface area (Å²) in [6.07, 6.45) is 8.49. The Labute approximate surface area is 228 Å². The zero-order chi connectivity index (χ0) is 25.5. The van der Waals surface area contributed by atoms with E-state index in [9.17, 15) is 4.79 Å². The lowest BCUT2D eigenvalue weighted by Crippen LogP contribution is -2.33. The second-order valence-electron chi connectivity index (χ2n) is 8.88. The molecule has 188 valence electrons. The van der Waals surface area contributed by atoms with Gasteiger partial charge in [-0.05, 0) is 48.4 Å². The highest BCUT2D eigenvalue weighted by Gasteiger charge is 2.33. The minimum atomic E-state index is 0.00746. The topological polar surface area (TPSA) is 38.1 Å². The molecule has 2 heterocycles. The van der Waals surface area contributed by atoms with E-state index in [0.717, 1.165) is 41.1 Å². The number of aromatic nitrogens is 2. The minimum absolute atomic E-state index is 0.00746. The first kappa shape index (κ1) is 26.7. The molecule has 1 fully saturated rings. The number of thiocarbonyl (C=S) groups is 1. The van der Waals surface area contributed by atoms with Crippen LogP contribution in [0.1, 0.15) is 52.0 Å². The fourth-order valence-electron chi connectivity index (χ4n) is 4.28. The number of benzene rings is 2. The first-order valence-electron chi connectivity index (χ1n) is 12.7. The monoisotopic (exact) mass is 535 g/mol. The number of thioether (sulfide) groups is 2. The molecule has 0 unspecified atom stereocenters. The highest BCUT2D eigenvalue weighted by atomic mass is 32.2. The number of carbonyl (C=O) groups is 1. The highest BCUT2D eigenvalue weighted by Crippen LogP contribution is 2.36. The van der Waals surface area contributed by atoms with Gasteiger partial charge in [-0.1, -0.05) is 94.3 Å². The van der Waals surface area contributed by atoms with Crippen molar-refractivity contribution < 1.29 is 4.79 Å². The summed E-state index contributed by atoms with van der Waals surface area (Å²) >= 11 is 8.86. The molecule has 1 saturated heterocycles. The number of carbonyl (C=O) groups excluding carboxylic acids is 1. The van der Waals surface area contributed by atoms with E-state index < -0.39 is 0 Å². The molecule has 0 N–H and O–H groups in total. The van der Waals surface area contributed by atoms with E-state index in [1.165, 1.54) is 29.5 Å². The molecule has 36 heavy (non-hydrogen) atoms. The summed E-state index contributed by atoms with van der Waals surface area (Å²) in [4.78, 5) is 17.1. The number of hydrogen-bond acceptors (Lipinski definition) is 5. The highest BCUT2D eigenvalue weighted by molar-refractivity contribution is 8.26. The summed E-state index contributed by atoms with van der Waals surface area (Å²) in [6.45, 7) is 7.26. The normalized spacial score (nSPS) is 15.8. The van der Waals surface area contributed by atoms with E-state index in [2.05, 4.69) is 45.0 Å². The van der Waals surface area contributed by atoms with Gasteiger partial charge in [0.05, 0.1) is 16.3 Å². The van der Waals surface area contributed by atoms with Crippen LogP contribution in [0.25, 0.3) is 23.0 Å². The van der Waals surface area contributed by atoms with Gasteiger partial charge in [0.25, 0.3) is 5.91 Å². The Hall–Kier alpha value is -2.35. The van der Waals surface area contributed by atoms with Crippen molar-refractivity contribution in [2.24, 2.45) is 5.92 Å². The van der Waals surface area contributed by atoms with Crippen LogP contribution in [0, 0.1) is 5.92 Å². The van der Waals surface area contributed by atoms with Gasteiger partial charge in [-0.25, -0.2) is 4.68 Å². The number of nitrogens with zero attached hydrogens (tertiary/aromatic N) is 3. The lowest BCUT2D eigenvalue weighted by Gasteiger charge is -2.21. The molecule has 1 aliphatic heterocycles. The number of para-hydroxylation sites is 1. The molecule has 1 aromatic heterocycles. The molecule has 0 aliphatic carbocycles. The average Bonchev–Trinajstić information content (AvgIpc) is 3.44. The fraction of sp³-hybridized carbons (Fsp3) is 0.345. The van der Waals surface area contributed by atoms with Crippen LogP contribution >= 0.6 is 35.7 Å². The Morgan fingerprint density at radius 1 is 1.08 bits per heavy atom. The molecule has 0 radical (unpaired) electrons. The molecule has 3 aromatic rings. The summed E-state index contributed by atoms with van der Waals surface area (Å²) in [6, 6.07) is 18.5. The van der Waals surface area contributed by atoms with Crippen molar-refractivity contribution in [1.29, 1.82) is 0 Å². The van der Waals surface area contributed by atoms with Crippen molar-refractivity contribution in [2.75, 3.05) is 12.3 Å². The SMILES string of the molecule is CCCC[C@@H](CC)CN1C(=O)/C(=C/c2cn(-c3ccccc3)nc2-c2ccc(SCC)cc2)SC1=S. The van der Waals surface area contributed by atoms with Gasteiger partial charge in [-0.2, -0.15) is 5.10 Å². The molecule has 1 aliphatic rings. The zero-order valence-electron chi connectivity index (χ0n) is 21.1. The van der Waals surface area contributed by atoms with Gasteiger partial charge in [-0.3, -0.25) is 9.69 Å². The molecule has 4 rings (SSSR count). The Bertz CT molecular complexity index is 1220. The maximum Gasteiger partial charge on any atom is 0.266 e. The van der Waals surface area contributed by atoms with Crippen LogP contribution in [0.5, 0.6) is 0 Å². The van der Waals surface area contributed by atoms with Crippen LogP contribution in [0.4, 0.5) is 0 Å². The van der Waals surface area contributed by atoms with Gasteiger partial charge in [0.15, 0.2) is 0 Å². The summed E-state index contributed by atoms with van der Waals surface area (Å²) < 4.78 is 2.54. The van der Waals surface area contributed by atoms with Crippen molar-refractivity contribution in [3.8, 4) is 16.9 Å². The van der Waals surface area contributed by atoms with E-state index in [0.29, 0.717) is 21.7 Å². The van der Waals surface area contributed by atoms with E-state index in [1.807, 2.05) is 59.0 Å². The van der Waals surface area contributed by atoms with Crippen LogP contribution in [-0.4, -0.2) is 37.2 Å². The van der Waals surface area contributed by atoms with Crippen LogP contribution in [0.3, 0.4) is 0 Å². The maximum atomic E-state index is 13.4. The van der Waals surface area contributed by atoms with Crippen molar-refractivity contribution in [3.05, 3.63) is 71.3 Å². The van der Waals surface area contributed by atoms with Crippen LogP contribution in [0.15, 0.2) is 70.6 Å². The van der Waals surface area contributed by atoms with E-state index in [1.54, 1.807) is 4.90 Å². The molecular formula is C29H33N3OS3. The molecule has 0 saturated carbocycles. The quantitative estimate of drug-likeness (QED) is 0.141. The first-order chi connectivity index (χ1) is 17.5. The van der Waals surface area contributed by atoms with Gasteiger partial charge in [0.1, 0.15) is 4.32 Å². The predicted molar refractivity (Wildman–Crippen MR) is 159 cm³/mol. The summed E-state index contributed by atoms with van der Waals surface area (Å²) in [7, 11) is 0. The Kier molecular flexibility index (Phi) is 9.46. The molecule has 1 atom stereocenters. The minimum Gasteiger partial charge on any atom is -0.293 e. The Morgan fingerprint density at radius 3 is 2.50 bits per heavy atom. The molecule has 7 heteroatoms. The lowest BCUT2D eigenvalue weighted by atomic mass is 9.99. The third-order valence-corrected chi connectivity index (χ3v) is 8.62. The largest absolute Gasteiger partial charge is 0.293 e. The average molecular weight is 536 g/mol. The van der Waals surface area contributed by atoms with E-state index in [4.69, 9.17) is 17.3 Å². The van der Waals surface area contributed by atoms with Gasteiger partial charge < -0.3 is 0 Å². The third-order valence-electron chi connectivity index (χ3n) is 6.35. The molecule has 0 bridgehead atoms. The molecule has 0 spiro atoms.